The molecule has 5 fully saturated rings. The van der Waals surface area contributed by atoms with Gasteiger partial charge in [-0.25, -0.2) is 4.79 Å². The number of rotatable bonds is 5. The van der Waals surface area contributed by atoms with Crippen LogP contribution in [0.25, 0.3) is 0 Å². The van der Waals surface area contributed by atoms with Crippen molar-refractivity contribution in [2.24, 2.45) is 61.8 Å². The van der Waals surface area contributed by atoms with Crippen LogP contribution in [0.1, 0.15) is 113 Å². The van der Waals surface area contributed by atoms with Crippen LogP contribution in [-0.2, 0) is 19.2 Å². The molecule has 0 aromatic heterocycles. The molecule has 5 aliphatic rings. The quantitative estimate of drug-likeness (QED) is 0.169. The second kappa shape index (κ2) is 9.95. The summed E-state index contributed by atoms with van der Waals surface area (Å²) in [5.41, 5.74) is 2.23. The molecule has 5 rings (SSSR count). The fourth-order valence-corrected chi connectivity index (χ4v) is 11.9. The lowest BCUT2D eigenvalue weighted by molar-refractivity contribution is -0.233. The van der Waals surface area contributed by atoms with Crippen molar-refractivity contribution in [2.75, 3.05) is 13.2 Å². The Morgan fingerprint density at radius 3 is 2.25 bits per heavy atom. The minimum absolute atomic E-state index is 0.0631. The topological polar surface area (TPSA) is 85.2 Å². The van der Waals surface area contributed by atoms with Crippen molar-refractivity contribution < 1.29 is 24.3 Å². The van der Waals surface area contributed by atoms with Gasteiger partial charge < -0.3 is 14.7 Å². The maximum atomic E-state index is 12.0. The van der Waals surface area contributed by atoms with Crippen molar-refractivity contribution in [1.29, 1.82) is 0 Å². The van der Waals surface area contributed by atoms with Gasteiger partial charge in [0.1, 0.15) is 6.61 Å². The van der Waals surface area contributed by atoms with E-state index in [0.29, 0.717) is 30.3 Å². The molecule has 224 valence electrons. The van der Waals surface area contributed by atoms with Crippen molar-refractivity contribution in [3.05, 3.63) is 12.2 Å². The third-order valence-electron chi connectivity index (χ3n) is 14.0. The van der Waals surface area contributed by atoms with E-state index in [1.165, 1.54) is 45.1 Å². The van der Waals surface area contributed by atoms with Crippen LogP contribution in [0.15, 0.2) is 17.3 Å². The zero-order valence-corrected chi connectivity index (χ0v) is 26.1. The van der Waals surface area contributed by atoms with Crippen LogP contribution in [0.5, 0.6) is 0 Å². The summed E-state index contributed by atoms with van der Waals surface area (Å²) in [6.45, 7) is 20.0. The molecule has 5 saturated carbocycles. The largest absolute Gasteiger partial charge is 0.465 e. The summed E-state index contributed by atoms with van der Waals surface area (Å²) in [7, 11) is 0. The van der Waals surface area contributed by atoms with Crippen molar-refractivity contribution in [1.82, 2.24) is 0 Å². The summed E-state index contributed by atoms with van der Waals surface area (Å²) >= 11 is 0. The maximum Gasteiger partial charge on any atom is 0.331 e. The van der Waals surface area contributed by atoms with Gasteiger partial charge in [0.2, 0.25) is 0 Å². The Bertz CT molecular complexity index is 1100. The number of ether oxygens (including phenoxy) is 1. The molecular formula is C34H53NO5. The number of nitrogens with zero attached hydrogens (tertiary/aromatic N) is 1. The fraction of sp³-hybridized carbons (Fsp3) is 0.853. The Balaban J connectivity index is 1.52. The van der Waals surface area contributed by atoms with E-state index in [0.717, 1.165) is 44.2 Å². The lowest BCUT2D eigenvalue weighted by Crippen LogP contribution is -2.67. The minimum atomic E-state index is -0.470. The minimum Gasteiger partial charge on any atom is -0.465 e. The molecule has 6 heteroatoms. The smallest absolute Gasteiger partial charge is 0.331 e. The van der Waals surface area contributed by atoms with E-state index in [-0.39, 0.29) is 40.2 Å². The first-order valence-corrected chi connectivity index (χ1v) is 15.8. The standard InChI is InChI=1S/C34H53NO5/c1-21(2)24-11-16-34(19-36)18-17-32(7)25(29(24)34)9-10-27-30(5)14-13-28(35-40-23(4)38)31(6,20-39-22(3)37)26(30)12-15-33(27,32)8/h24-27,29,36H,1,9-20H2,2-8H3/b35-28-/t24-,25+,26+,27+,29+,30-,31-,32+,33+,34+/m0/s1. The van der Waals surface area contributed by atoms with Gasteiger partial charge in [-0.1, -0.05) is 45.0 Å². The summed E-state index contributed by atoms with van der Waals surface area (Å²) < 4.78 is 5.70. The first-order valence-electron chi connectivity index (χ1n) is 15.8. The molecule has 6 nitrogen and oxygen atoms in total. The Labute approximate surface area is 241 Å². The molecule has 0 amide bonds. The monoisotopic (exact) mass is 555 g/mol. The number of allylic oxidation sites excluding steroid dienone is 1. The molecule has 0 bridgehead atoms. The molecule has 0 saturated heterocycles. The third-order valence-corrected chi connectivity index (χ3v) is 14.0. The second-order valence-electron chi connectivity index (χ2n) is 15.5. The zero-order chi connectivity index (χ0) is 29.3. The van der Waals surface area contributed by atoms with Gasteiger partial charge in [0.25, 0.3) is 0 Å². The normalized spacial score (nSPS) is 48.8. The highest BCUT2D eigenvalue weighted by Crippen LogP contribution is 2.77. The van der Waals surface area contributed by atoms with Gasteiger partial charge in [0.05, 0.1) is 5.71 Å². The number of aliphatic hydroxyl groups is 1. The molecule has 1 N–H and O–H groups in total. The summed E-state index contributed by atoms with van der Waals surface area (Å²) in [6, 6.07) is 0. The molecule has 5 aliphatic carbocycles. The Morgan fingerprint density at radius 1 is 0.900 bits per heavy atom. The van der Waals surface area contributed by atoms with Gasteiger partial charge in [0, 0.05) is 25.9 Å². The number of hydrogen-bond acceptors (Lipinski definition) is 6. The SMILES string of the molecule is C=C(C)[C@@H]1CC[C@]2(CO)CC[C@]3(C)[C@H](CC[C@@H]4[C@@]5(C)CC/C(=N/OC(C)=O)[C@@](C)(COC(C)=O)[C@@H]5CC[C@]43C)[C@@H]12. The number of esters is 1. The van der Waals surface area contributed by atoms with Gasteiger partial charge in [-0.3, -0.25) is 4.79 Å². The summed E-state index contributed by atoms with van der Waals surface area (Å²) in [5.74, 6) is 1.79. The second-order valence-corrected chi connectivity index (χ2v) is 15.5. The van der Waals surface area contributed by atoms with E-state index in [4.69, 9.17) is 9.57 Å². The highest BCUT2D eigenvalue weighted by Gasteiger charge is 2.71. The van der Waals surface area contributed by atoms with Gasteiger partial charge in [-0.2, -0.15) is 0 Å². The Hall–Kier alpha value is -1.69. The average Bonchev–Trinajstić information content (AvgIpc) is 3.28. The van der Waals surface area contributed by atoms with E-state index < -0.39 is 11.4 Å². The number of aliphatic hydroxyl groups excluding tert-OH is 1. The van der Waals surface area contributed by atoms with E-state index in [1.54, 1.807) is 0 Å². The van der Waals surface area contributed by atoms with E-state index in [2.05, 4.69) is 46.4 Å². The predicted molar refractivity (Wildman–Crippen MR) is 156 cm³/mol. The van der Waals surface area contributed by atoms with Crippen molar-refractivity contribution in [3.8, 4) is 0 Å². The van der Waals surface area contributed by atoms with Crippen molar-refractivity contribution in [2.45, 2.75) is 113 Å². The van der Waals surface area contributed by atoms with E-state index >= 15 is 0 Å². The highest BCUT2D eigenvalue weighted by molar-refractivity contribution is 5.91. The molecular weight excluding hydrogens is 502 g/mol. The van der Waals surface area contributed by atoms with Crippen LogP contribution in [0.2, 0.25) is 0 Å². The average molecular weight is 556 g/mol. The van der Waals surface area contributed by atoms with Gasteiger partial charge >= 0.3 is 11.9 Å². The first kappa shape index (κ1) is 29.8. The van der Waals surface area contributed by atoms with Crippen LogP contribution >= 0.6 is 0 Å². The van der Waals surface area contributed by atoms with E-state index in [1.807, 2.05) is 0 Å². The summed E-state index contributed by atoms with van der Waals surface area (Å²) in [5, 5.41) is 15.1. The first-order chi connectivity index (χ1) is 18.7. The molecule has 0 unspecified atom stereocenters. The van der Waals surface area contributed by atoms with Gasteiger partial charge in [-0.05, 0) is 122 Å². The van der Waals surface area contributed by atoms with Crippen LogP contribution in [0, 0.1) is 56.7 Å². The molecule has 40 heavy (non-hydrogen) atoms. The molecule has 0 heterocycles. The van der Waals surface area contributed by atoms with Crippen LogP contribution < -0.4 is 0 Å². The van der Waals surface area contributed by atoms with Crippen LogP contribution in [-0.4, -0.2) is 36.0 Å². The van der Waals surface area contributed by atoms with Crippen LogP contribution in [0.3, 0.4) is 0 Å². The summed E-state index contributed by atoms with van der Waals surface area (Å²) in [6.07, 6.45) is 11.0. The van der Waals surface area contributed by atoms with E-state index in [9.17, 15) is 14.7 Å². The highest BCUT2D eigenvalue weighted by atomic mass is 16.7. The number of carbonyl (C=O) groups excluding carboxylic acids is 2. The van der Waals surface area contributed by atoms with Gasteiger partial charge in [-0.15, -0.1) is 0 Å². The van der Waals surface area contributed by atoms with Crippen molar-refractivity contribution >= 4 is 17.7 Å². The molecule has 10 atom stereocenters. The third kappa shape index (κ3) is 4.08. The lowest BCUT2D eigenvalue weighted by Gasteiger charge is -2.72. The predicted octanol–water partition coefficient (Wildman–Crippen LogP) is 7.10. The Kier molecular flexibility index (Phi) is 7.41. The van der Waals surface area contributed by atoms with Crippen molar-refractivity contribution in [3.63, 3.8) is 0 Å². The fourth-order valence-electron chi connectivity index (χ4n) is 11.9. The lowest BCUT2D eigenvalue weighted by atomic mass is 9.32. The number of fused-ring (bicyclic) bond motifs is 7. The molecule has 0 aromatic carbocycles. The molecule has 0 radical (unpaired) electrons. The number of hydrogen-bond donors (Lipinski definition) is 1. The molecule has 0 spiro atoms. The molecule has 0 aromatic rings. The summed E-state index contributed by atoms with van der Waals surface area (Å²) in [4.78, 5) is 28.8. The van der Waals surface area contributed by atoms with Crippen LogP contribution in [0.4, 0.5) is 0 Å². The number of carbonyl (C=O) groups is 2. The maximum absolute atomic E-state index is 12.0. The molecule has 0 aliphatic heterocycles. The zero-order valence-electron chi connectivity index (χ0n) is 26.1. The number of oxime groups is 1. The van der Waals surface area contributed by atoms with Gasteiger partial charge in [0.15, 0.2) is 0 Å². The Morgan fingerprint density at radius 2 is 1.62 bits per heavy atom.